The van der Waals surface area contributed by atoms with Crippen LogP contribution in [0.5, 0.6) is 0 Å². The fourth-order valence-electron chi connectivity index (χ4n) is 2.33. The summed E-state index contributed by atoms with van der Waals surface area (Å²) in [5, 5.41) is 20.7. The first-order valence-corrected chi connectivity index (χ1v) is 5.84. The van der Waals surface area contributed by atoms with Gasteiger partial charge in [0.15, 0.2) is 5.82 Å². The molecule has 1 N–H and O–H groups in total. The summed E-state index contributed by atoms with van der Waals surface area (Å²) in [5.41, 5.74) is 0. The van der Waals surface area contributed by atoms with E-state index in [1.807, 2.05) is 4.90 Å². The maximum Gasteiger partial charge on any atom is 0.317 e. The van der Waals surface area contributed by atoms with Crippen LogP contribution in [0.25, 0.3) is 0 Å². The molecule has 0 amide bonds. The SMILES string of the molecule is Cn1nnc(CN(CC(=O)O)C2CCCC2)n1. The van der Waals surface area contributed by atoms with E-state index in [0.717, 1.165) is 12.8 Å². The first-order valence-electron chi connectivity index (χ1n) is 5.84. The van der Waals surface area contributed by atoms with E-state index in [4.69, 9.17) is 5.11 Å². The number of aryl methyl sites for hydroxylation is 1. The van der Waals surface area contributed by atoms with Gasteiger partial charge in [0.25, 0.3) is 0 Å². The molecule has 0 unspecified atom stereocenters. The smallest absolute Gasteiger partial charge is 0.317 e. The highest BCUT2D eigenvalue weighted by Crippen LogP contribution is 2.24. The van der Waals surface area contributed by atoms with Crippen molar-refractivity contribution in [3.8, 4) is 0 Å². The van der Waals surface area contributed by atoms with Crippen LogP contribution in [0.1, 0.15) is 31.5 Å². The topological polar surface area (TPSA) is 84.1 Å². The van der Waals surface area contributed by atoms with Crippen molar-refractivity contribution in [1.29, 1.82) is 0 Å². The number of nitrogens with zero attached hydrogens (tertiary/aromatic N) is 5. The summed E-state index contributed by atoms with van der Waals surface area (Å²) in [4.78, 5) is 14.2. The Morgan fingerprint density at radius 1 is 1.53 bits per heavy atom. The van der Waals surface area contributed by atoms with E-state index in [-0.39, 0.29) is 6.54 Å². The van der Waals surface area contributed by atoms with Crippen LogP contribution in [0.15, 0.2) is 0 Å². The largest absolute Gasteiger partial charge is 0.480 e. The van der Waals surface area contributed by atoms with E-state index in [1.54, 1.807) is 7.05 Å². The Balaban J connectivity index is 2.01. The summed E-state index contributed by atoms with van der Waals surface area (Å²) in [6.07, 6.45) is 4.48. The second-order valence-electron chi connectivity index (χ2n) is 4.43. The summed E-state index contributed by atoms with van der Waals surface area (Å²) in [7, 11) is 1.70. The van der Waals surface area contributed by atoms with E-state index in [1.165, 1.54) is 17.6 Å². The van der Waals surface area contributed by atoms with Gasteiger partial charge in [-0.25, -0.2) is 0 Å². The highest BCUT2D eigenvalue weighted by molar-refractivity contribution is 5.69. The molecule has 0 atom stereocenters. The standard InChI is InChI=1S/C10H17N5O2/c1-14-12-9(11-13-14)6-15(7-10(16)17)8-4-2-3-5-8/h8H,2-7H2,1H3,(H,16,17). The van der Waals surface area contributed by atoms with Crippen molar-refractivity contribution in [2.24, 2.45) is 7.05 Å². The lowest BCUT2D eigenvalue weighted by molar-refractivity contribution is -0.139. The Bertz CT molecular complexity index is 386. The van der Waals surface area contributed by atoms with Crippen molar-refractivity contribution in [1.82, 2.24) is 25.1 Å². The molecule has 1 aromatic heterocycles. The molecule has 7 nitrogen and oxygen atoms in total. The van der Waals surface area contributed by atoms with Gasteiger partial charge in [0, 0.05) is 6.04 Å². The number of aliphatic carboxylic acids is 1. The molecule has 1 aromatic rings. The van der Waals surface area contributed by atoms with Gasteiger partial charge in [-0.3, -0.25) is 9.69 Å². The molecule has 7 heteroatoms. The normalized spacial score (nSPS) is 16.8. The second-order valence-corrected chi connectivity index (χ2v) is 4.43. The molecule has 17 heavy (non-hydrogen) atoms. The van der Waals surface area contributed by atoms with Crippen molar-refractivity contribution in [3.63, 3.8) is 0 Å². The first-order chi connectivity index (χ1) is 8.15. The molecule has 1 heterocycles. The first kappa shape index (κ1) is 12.0. The summed E-state index contributed by atoms with van der Waals surface area (Å²) in [5.74, 6) is -0.221. The van der Waals surface area contributed by atoms with E-state index in [9.17, 15) is 4.79 Å². The number of carbonyl (C=O) groups is 1. The number of hydrogen-bond donors (Lipinski definition) is 1. The van der Waals surface area contributed by atoms with Gasteiger partial charge in [-0.1, -0.05) is 12.8 Å². The monoisotopic (exact) mass is 239 g/mol. The van der Waals surface area contributed by atoms with Crippen molar-refractivity contribution in [3.05, 3.63) is 5.82 Å². The van der Waals surface area contributed by atoms with Crippen LogP contribution >= 0.6 is 0 Å². The predicted octanol–water partition coefficient (Wildman–Crippen LogP) is 0.0393. The third-order valence-electron chi connectivity index (χ3n) is 3.07. The van der Waals surface area contributed by atoms with Crippen molar-refractivity contribution in [2.75, 3.05) is 6.54 Å². The van der Waals surface area contributed by atoms with Crippen molar-refractivity contribution < 1.29 is 9.90 Å². The van der Waals surface area contributed by atoms with Crippen LogP contribution in [0.3, 0.4) is 0 Å². The average Bonchev–Trinajstić information content (AvgIpc) is 2.87. The minimum absolute atomic E-state index is 0.0446. The molecule has 94 valence electrons. The molecular weight excluding hydrogens is 222 g/mol. The van der Waals surface area contributed by atoms with Crippen LogP contribution in [0, 0.1) is 0 Å². The van der Waals surface area contributed by atoms with E-state index in [0.29, 0.717) is 18.4 Å². The molecule has 0 spiro atoms. The fourth-order valence-corrected chi connectivity index (χ4v) is 2.33. The minimum atomic E-state index is -0.805. The van der Waals surface area contributed by atoms with Gasteiger partial charge in [0.1, 0.15) is 0 Å². The lowest BCUT2D eigenvalue weighted by atomic mass is 10.2. The van der Waals surface area contributed by atoms with Gasteiger partial charge in [0.2, 0.25) is 0 Å². The summed E-state index contributed by atoms with van der Waals surface area (Å²) in [6, 6.07) is 0.343. The molecule has 1 fully saturated rings. The lowest BCUT2D eigenvalue weighted by Crippen LogP contribution is -2.37. The molecule has 0 bridgehead atoms. The Labute approximate surface area is 99.4 Å². The average molecular weight is 239 g/mol. The molecule has 0 saturated heterocycles. The van der Waals surface area contributed by atoms with Crippen molar-refractivity contribution >= 4 is 5.97 Å². The van der Waals surface area contributed by atoms with E-state index in [2.05, 4.69) is 15.4 Å². The van der Waals surface area contributed by atoms with Gasteiger partial charge >= 0.3 is 5.97 Å². The Morgan fingerprint density at radius 3 is 2.76 bits per heavy atom. The maximum absolute atomic E-state index is 10.9. The number of carboxylic acids is 1. The highest BCUT2D eigenvalue weighted by Gasteiger charge is 2.25. The Kier molecular flexibility index (Phi) is 3.68. The van der Waals surface area contributed by atoms with Gasteiger partial charge in [0.05, 0.1) is 20.1 Å². The summed E-state index contributed by atoms with van der Waals surface area (Å²) < 4.78 is 0. The van der Waals surface area contributed by atoms with Crippen LogP contribution in [0.2, 0.25) is 0 Å². The molecular formula is C10H17N5O2. The number of aromatic nitrogens is 4. The third-order valence-corrected chi connectivity index (χ3v) is 3.07. The Morgan fingerprint density at radius 2 is 2.24 bits per heavy atom. The third kappa shape index (κ3) is 3.23. The van der Waals surface area contributed by atoms with E-state index < -0.39 is 5.97 Å². The van der Waals surface area contributed by atoms with Crippen LogP contribution in [0.4, 0.5) is 0 Å². The number of hydrogen-bond acceptors (Lipinski definition) is 5. The zero-order valence-electron chi connectivity index (χ0n) is 9.91. The van der Waals surface area contributed by atoms with Gasteiger partial charge in [-0.2, -0.15) is 4.80 Å². The quantitative estimate of drug-likeness (QED) is 0.781. The van der Waals surface area contributed by atoms with Gasteiger partial charge in [-0.15, -0.1) is 10.2 Å². The number of rotatable bonds is 5. The second kappa shape index (κ2) is 5.22. The fraction of sp³-hybridized carbons (Fsp3) is 0.800. The number of carboxylic acid groups (broad SMARTS) is 1. The minimum Gasteiger partial charge on any atom is -0.480 e. The van der Waals surface area contributed by atoms with Gasteiger partial charge < -0.3 is 5.11 Å². The number of tetrazole rings is 1. The maximum atomic E-state index is 10.9. The lowest BCUT2D eigenvalue weighted by Gasteiger charge is -2.25. The molecule has 1 saturated carbocycles. The zero-order valence-corrected chi connectivity index (χ0v) is 9.91. The van der Waals surface area contributed by atoms with Gasteiger partial charge in [-0.05, 0) is 18.1 Å². The van der Waals surface area contributed by atoms with Crippen LogP contribution in [-0.2, 0) is 18.4 Å². The molecule has 1 aliphatic rings. The predicted molar refractivity (Wildman–Crippen MR) is 59.1 cm³/mol. The van der Waals surface area contributed by atoms with Crippen LogP contribution < -0.4 is 0 Å². The molecule has 1 aliphatic carbocycles. The highest BCUT2D eigenvalue weighted by atomic mass is 16.4. The summed E-state index contributed by atoms with van der Waals surface area (Å²) >= 11 is 0. The molecule has 0 aliphatic heterocycles. The van der Waals surface area contributed by atoms with Crippen LogP contribution in [-0.4, -0.2) is 48.8 Å². The Hall–Kier alpha value is -1.50. The summed E-state index contributed by atoms with van der Waals surface area (Å²) in [6.45, 7) is 0.508. The van der Waals surface area contributed by atoms with Crippen molar-refractivity contribution in [2.45, 2.75) is 38.3 Å². The molecule has 0 aromatic carbocycles. The van der Waals surface area contributed by atoms with E-state index >= 15 is 0 Å². The molecule has 0 radical (unpaired) electrons. The molecule has 2 rings (SSSR count). The zero-order chi connectivity index (χ0) is 12.3.